The third-order valence-corrected chi connectivity index (χ3v) is 4.72. The molecule has 30 heavy (non-hydrogen) atoms. The molecule has 0 aliphatic heterocycles. The molecule has 0 aliphatic carbocycles. The highest BCUT2D eigenvalue weighted by atomic mass is 16.5. The van der Waals surface area contributed by atoms with Gasteiger partial charge in [-0.05, 0) is 54.8 Å². The number of carbonyl (C=O) groups excluding carboxylic acids is 3. The molecule has 3 aromatic rings. The van der Waals surface area contributed by atoms with Crippen LogP contribution in [-0.4, -0.2) is 24.6 Å². The van der Waals surface area contributed by atoms with Gasteiger partial charge in [0.05, 0.1) is 7.11 Å². The molecule has 5 nitrogen and oxygen atoms in total. The van der Waals surface area contributed by atoms with Gasteiger partial charge in [-0.1, -0.05) is 42.5 Å². The Morgan fingerprint density at radius 2 is 1.43 bits per heavy atom. The summed E-state index contributed by atoms with van der Waals surface area (Å²) in [4.78, 5) is 36.7. The van der Waals surface area contributed by atoms with E-state index in [1.807, 2.05) is 42.5 Å². The Kier molecular flexibility index (Phi) is 7.11. The van der Waals surface area contributed by atoms with E-state index in [2.05, 4.69) is 5.32 Å². The van der Waals surface area contributed by atoms with Crippen molar-refractivity contribution >= 4 is 23.2 Å². The van der Waals surface area contributed by atoms with Crippen molar-refractivity contribution in [1.29, 1.82) is 0 Å². The first-order chi connectivity index (χ1) is 14.6. The van der Waals surface area contributed by atoms with E-state index in [9.17, 15) is 14.4 Å². The zero-order chi connectivity index (χ0) is 21.3. The van der Waals surface area contributed by atoms with Crippen LogP contribution in [0.5, 0.6) is 5.75 Å². The molecule has 0 saturated carbocycles. The average Bonchev–Trinajstić information content (AvgIpc) is 2.80. The van der Waals surface area contributed by atoms with E-state index in [4.69, 9.17) is 4.74 Å². The van der Waals surface area contributed by atoms with E-state index >= 15 is 0 Å². The second kappa shape index (κ2) is 10.2. The predicted molar refractivity (Wildman–Crippen MR) is 116 cm³/mol. The summed E-state index contributed by atoms with van der Waals surface area (Å²) in [6.45, 7) is 0. The maximum Gasteiger partial charge on any atom is 0.291 e. The molecule has 3 rings (SSSR count). The molecule has 0 aromatic heterocycles. The monoisotopic (exact) mass is 401 g/mol. The molecule has 0 aliphatic rings. The van der Waals surface area contributed by atoms with Crippen molar-refractivity contribution in [3.05, 3.63) is 95.6 Å². The Labute approximate surface area is 175 Å². The summed E-state index contributed by atoms with van der Waals surface area (Å²) >= 11 is 0. The Hall–Kier alpha value is -3.73. The Morgan fingerprint density at radius 3 is 2.07 bits per heavy atom. The van der Waals surface area contributed by atoms with Crippen molar-refractivity contribution in [2.75, 3.05) is 12.4 Å². The third-order valence-electron chi connectivity index (χ3n) is 4.72. The predicted octanol–water partition coefficient (Wildman–Crippen LogP) is 4.46. The third kappa shape index (κ3) is 5.64. The molecule has 0 atom stereocenters. The van der Waals surface area contributed by atoms with Crippen LogP contribution < -0.4 is 10.1 Å². The Morgan fingerprint density at radius 1 is 0.800 bits per heavy atom. The number of nitrogens with one attached hydrogen (secondary N) is 1. The Balaban J connectivity index is 1.48. The van der Waals surface area contributed by atoms with Gasteiger partial charge in [0.25, 0.3) is 5.91 Å². The van der Waals surface area contributed by atoms with Crippen molar-refractivity contribution in [2.45, 2.75) is 19.3 Å². The zero-order valence-electron chi connectivity index (χ0n) is 16.8. The number of methoxy groups -OCH3 is 1. The maximum atomic E-state index is 12.4. The molecule has 3 aromatic carbocycles. The van der Waals surface area contributed by atoms with Gasteiger partial charge in [0.2, 0.25) is 5.78 Å². The summed E-state index contributed by atoms with van der Waals surface area (Å²) in [5.41, 5.74) is 2.68. The van der Waals surface area contributed by atoms with E-state index in [1.165, 1.54) is 0 Å². The number of Topliss-reactive ketones (excluding diaryl/α,β-unsaturated/α-hetero) is 1. The van der Waals surface area contributed by atoms with Crippen molar-refractivity contribution in [1.82, 2.24) is 0 Å². The lowest BCUT2D eigenvalue weighted by Crippen LogP contribution is -2.22. The van der Waals surface area contributed by atoms with E-state index < -0.39 is 11.7 Å². The number of carbonyl (C=O) groups is 3. The standard InChI is InChI=1S/C25H23NO4/c1-30-22-16-10-18(11-17-22)6-5-9-23(27)25(29)26-21-14-12-20(13-15-21)24(28)19-7-3-2-4-8-19/h2-4,7-8,10-17H,5-6,9H2,1H3,(H,26,29). The SMILES string of the molecule is COc1ccc(CCCC(=O)C(=O)Nc2ccc(C(=O)c3ccccc3)cc2)cc1. The maximum absolute atomic E-state index is 12.4. The molecular formula is C25H23NO4. The fourth-order valence-corrected chi connectivity index (χ4v) is 3.02. The van der Waals surface area contributed by atoms with E-state index in [-0.39, 0.29) is 12.2 Å². The van der Waals surface area contributed by atoms with Gasteiger partial charge in [0.15, 0.2) is 5.78 Å². The first kappa shape index (κ1) is 21.0. The molecular weight excluding hydrogens is 378 g/mol. The number of ketones is 2. The van der Waals surface area contributed by atoms with Crippen molar-refractivity contribution in [3.8, 4) is 5.75 Å². The average molecular weight is 401 g/mol. The Bertz CT molecular complexity index is 1010. The van der Waals surface area contributed by atoms with Crippen LogP contribution in [0.25, 0.3) is 0 Å². The smallest absolute Gasteiger partial charge is 0.291 e. The highest BCUT2D eigenvalue weighted by Gasteiger charge is 2.14. The van der Waals surface area contributed by atoms with Gasteiger partial charge in [-0.3, -0.25) is 14.4 Å². The molecule has 0 fully saturated rings. The molecule has 152 valence electrons. The zero-order valence-corrected chi connectivity index (χ0v) is 16.8. The number of anilines is 1. The summed E-state index contributed by atoms with van der Waals surface area (Å²) in [6.07, 6.45) is 1.46. The van der Waals surface area contributed by atoms with Crippen LogP contribution in [0.1, 0.15) is 34.3 Å². The topological polar surface area (TPSA) is 72.5 Å². The quantitative estimate of drug-likeness (QED) is 0.425. The molecule has 5 heteroatoms. The van der Waals surface area contributed by atoms with Gasteiger partial charge in [0, 0.05) is 23.2 Å². The number of aryl methyl sites for hydroxylation is 1. The number of hydrogen-bond donors (Lipinski definition) is 1. The highest BCUT2D eigenvalue weighted by Crippen LogP contribution is 2.15. The van der Waals surface area contributed by atoms with Gasteiger partial charge in [-0.25, -0.2) is 0 Å². The summed E-state index contributed by atoms with van der Waals surface area (Å²) < 4.78 is 5.12. The minimum absolute atomic E-state index is 0.0944. The molecule has 0 saturated heterocycles. The van der Waals surface area contributed by atoms with E-state index in [1.54, 1.807) is 43.5 Å². The van der Waals surface area contributed by atoms with Crippen LogP contribution in [0.2, 0.25) is 0 Å². The van der Waals surface area contributed by atoms with Crippen LogP contribution in [0, 0.1) is 0 Å². The number of ether oxygens (including phenoxy) is 1. The van der Waals surface area contributed by atoms with Crippen LogP contribution in [0.4, 0.5) is 5.69 Å². The summed E-state index contributed by atoms with van der Waals surface area (Å²) in [7, 11) is 1.61. The number of rotatable bonds is 9. The summed E-state index contributed by atoms with van der Waals surface area (Å²) in [5, 5.41) is 2.60. The summed E-state index contributed by atoms with van der Waals surface area (Å²) in [5.74, 6) is -0.423. The van der Waals surface area contributed by atoms with Crippen molar-refractivity contribution in [2.24, 2.45) is 0 Å². The van der Waals surface area contributed by atoms with Crippen LogP contribution in [-0.2, 0) is 16.0 Å². The van der Waals surface area contributed by atoms with Gasteiger partial charge in [-0.15, -0.1) is 0 Å². The lowest BCUT2D eigenvalue weighted by Gasteiger charge is -2.07. The van der Waals surface area contributed by atoms with Gasteiger partial charge < -0.3 is 10.1 Å². The second-order valence-electron chi connectivity index (χ2n) is 6.85. The minimum atomic E-state index is -0.646. The molecule has 0 spiro atoms. The lowest BCUT2D eigenvalue weighted by molar-refractivity contribution is -0.134. The first-order valence-corrected chi connectivity index (χ1v) is 9.74. The van der Waals surface area contributed by atoms with Crippen LogP contribution >= 0.6 is 0 Å². The van der Waals surface area contributed by atoms with Crippen LogP contribution in [0.15, 0.2) is 78.9 Å². The fraction of sp³-hybridized carbons (Fsp3) is 0.160. The van der Waals surface area contributed by atoms with Gasteiger partial charge in [0.1, 0.15) is 5.75 Å². The van der Waals surface area contributed by atoms with Gasteiger partial charge in [-0.2, -0.15) is 0 Å². The first-order valence-electron chi connectivity index (χ1n) is 9.74. The van der Waals surface area contributed by atoms with Crippen LogP contribution in [0.3, 0.4) is 0 Å². The molecule has 0 bridgehead atoms. The normalized spacial score (nSPS) is 10.3. The number of benzene rings is 3. The van der Waals surface area contributed by atoms with Crippen molar-refractivity contribution < 1.29 is 19.1 Å². The summed E-state index contributed by atoms with van der Waals surface area (Å²) in [6, 6.07) is 23.1. The lowest BCUT2D eigenvalue weighted by atomic mass is 10.0. The molecule has 0 radical (unpaired) electrons. The number of amides is 1. The molecule has 1 amide bonds. The molecule has 0 unspecified atom stereocenters. The second-order valence-corrected chi connectivity index (χ2v) is 6.85. The molecule has 0 heterocycles. The number of hydrogen-bond acceptors (Lipinski definition) is 4. The van der Waals surface area contributed by atoms with Crippen molar-refractivity contribution in [3.63, 3.8) is 0 Å². The molecule has 1 N–H and O–H groups in total. The van der Waals surface area contributed by atoms with Gasteiger partial charge >= 0.3 is 0 Å². The minimum Gasteiger partial charge on any atom is -0.497 e. The fourth-order valence-electron chi connectivity index (χ4n) is 3.02. The van der Waals surface area contributed by atoms with E-state index in [0.29, 0.717) is 29.7 Å². The highest BCUT2D eigenvalue weighted by molar-refractivity contribution is 6.40. The largest absolute Gasteiger partial charge is 0.497 e. The van der Waals surface area contributed by atoms with E-state index in [0.717, 1.165) is 11.3 Å².